The molecule has 6 aromatic rings. The highest BCUT2D eigenvalue weighted by Gasteiger charge is 2.34. The lowest BCUT2D eigenvalue weighted by Crippen LogP contribution is -2.32. The van der Waals surface area contributed by atoms with Gasteiger partial charge >= 0.3 is 0 Å². The molecule has 2 aromatic heterocycles. The molecule has 2 amide bonds. The first-order valence-corrected chi connectivity index (χ1v) is 18.8. The Labute approximate surface area is 299 Å². The van der Waals surface area contributed by atoms with Gasteiger partial charge < -0.3 is 19.8 Å². The van der Waals surface area contributed by atoms with E-state index in [0.717, 1.165) is 67.9 Å². The Balaban J connectivity index is 0.910. The van der Waals surface area contributed by atoms with Gasteiger partial charge in [-0.2, -0.15) is 0 Å². The maximum atomic E-state index is 13.1. The van der Waals surface area contributed by atoms with Crippen LogP contribution in [0.15, 0.2) is 122 Å². The smallest absolute Gasteiger partial charge is 0.232 e. The number of thioether (sulfide) groups is 2. The number of hydrogen-bond acceptors (Lipinski definition) is 6. The zero-order valence-electron chi connectivity index (χ0n) is 27.1. The lowest BCUT2D eigenvalue weighted by atomic mass is 10.0. The van der Waals surface area contributed by atoms with Crippen molar-refractivity contribution in [3.8, 4) is 33.6 Å². The Morgan fingerprint density at radius 3 is 1.34 bits per heavy atom. The van der Waals surface area contributed by atoms with E-state index in [1.165, 1.54) is 0 Å². The summed E-state index contributed by atoms with van der Waals surface area (Å²) in [6, 6.07) is 36.1. The van der Waals surface area contributed by atoms with Crippen molar-refractivity contribution in [1.29, 1.82) is 0 Å². The fraction of sp³-hybridized carbons (Fsp3) is 0.150. The van der Waals surface area contributed by atoms with E-state index in [1.807, 2.05) is 82.9 Å². The van der Waals surface area contributed by atoms with Gasteiger partial charge in [-0.1, -0.05) is 109 Å². The van der Waals surface area contributed by atoms with Crippen molar-refractivity contribution >= 4 is 35.3 Å². The number of nitrogens with zero attached hydrogens (tertiary/aromatic N) is 4. The molecule has 0 spiro atoms. The van der Waals surface area contributed by atoms with Crippen LogP contribution in [-0.4, -0.2) is 64.8 Å². The second kappa shape index (κ2) is 14.4. The molecule has 4 aromatic carbocycles. The molecular weight excluding hydrogens is 661 g/mol. The highest BCUT2D eigenvalue weighted by atomic mass is 32.2. The van der Waals surface area contributed by atoms with Gasteiger partial charge in [0.25, 0.3) is 0 Å². The van der Waals surface area contributed by atoms with Crippen molar-refractivity contribution in [1.82, 2.24) is 29.7 Å². The number of benzene rings is 4. The molecule has 2 atom stereocenters. The molecule has 0 aliphatic carbocycles. The van der Waals surface area contributed by atoms with E-state index in [4.69, 9.17) is 0 Å². The molecule has 4 heterocycles. The average molecular weight is 695 g/mol. The van der Waals surface area contributed by atoms with Crippen LogP contribution in [0.25, 0.3) is 33.6 Å². The number of rotatable bonds is 9. The van der Waals surface area contributed by atoms with Crippen LogP contribution in [0.1, 0.15) is 34.9 Å². The number of amides is 2. The maximum absolute atomic E-state index is 13.1. The number of nitrogens with one attached hydrogen (secondary N) is 2. The van der Waals surface area contributed by atoms with E-state index in [0.29, 0.717) is 11.8 Å². The third kappa shape index (κ3) is 6.86. The lowest BCUT2D eigenvalue weighted by Gasteiger charge is -2.22. The van der Waals surface area contributed by atoms with E-state index in [9.17, 15) is 9.59 Å². The minimum Gasteiger partial charge on any atom is -0.340 e. The summed E-state index contributed by atoms with van der Waals surface area (Å²) in [6.07, 6.45) is 7.09. The quantitative estimate of drug-likeness (QED) is 0.160. The molecule has 2 aliphatic heterocycles. The molecule has 248 valence electrons. The second-order valence-electron chi connectivity index (χ2n) is 12.3. The van der Waals surface area contributed by atoms with E-state index in [1.54, 1.807) is 36.4 Å². The Kier molecular flexibility index (Phi) is 9.28. The van der Waals surface area contributed by atoms with Gasteiger partial charge in [0.05, 0.1) is 60.5 Å². The summed E-state index contributed by atoms with van der Waals surface area (Å²) in [5.74, 6) is 4.50. The minimum atomic E-state index is -0.0958. The molecular formula is C40H34N6O2S2. The normalized spacial score (nSPS) is 17.4. The molecule has 0 saturated carbocycles. The predicted molar refractivity (Wildman–Crippen MR) is 201 cm³/mol. The summed E-state index contributed by atoms with van der Waals surface area (Å²) in [4.78, 5) is 46.3. The molecule has 0 bridgehead atoms. The lowest BCUT2D eigenvalue weighted by molar-refractivity contribution is -0.128. The fourth-order valence-corrected chi connectivity index (χ4v) is 8.65. The largest absolute Gasteiger partial charge is 0.340 e. The zero-order valence-corrected chi connectivity index (χ0v) is 28.7. The Bertz CT molecular complexity index is 1930. The van der Waals surface area contributed by atoms with Crippen LogP contribution < -0.4 is 0 Å². The molecule has 2 radical (unpaired) electrons. The van der Waals surface area contributed by atoms with Crippen LogP contribution in [0.5, 0.6) is 0 Å². The van der Waals surface area contributed by atoms with Gasteiger partial charge in [0.15, 0.2) is 0 Å². The van der Waals surface area contributed by atoms with E-state index >= 15 is 0 Å². The second-order valence-corrected chi connectivity index (χ2v) is 14.3. The number of carbonyl (C=O) groups excluding carboxylic acids is 2. The zero-order chi connectivity index (χ0) is 33.9. The number of hydrogen-bond donors (Lipinski definition) is 2. The van der Waals surface area contributed by atoms with Gasteiger partial charge in [-0.25, -0.2) is 9.97 Å². The van der Waals surface area contributed by atoms with E-state index in [-0.39, 0.29) is 23.9 Å². The summed E-state index contributed by atoms with van der Waals surface area (Å²) in [5, 5.41) is 0. The highest BCUT2D eigenvalue weighted by Crippen LogP contribution is 2.35. The van der Waals surface area contributed by atoms with Crippen molar-refractivity contribution in [2.45, 2.75) is 12.1 Å². The van der Waals surface area contributed by atoms with Gasteiger partial charge in [-0.3, -0.25) is 9.59 Å². The summed E-state index contributed by atoms with van der Waals surface area (Å²) in [7, 11) is 0. The fourth-order valence-electron chi connectivity index (χ4n) is 6.31. The molecule has 10 heteroatoms. The summed E-state index contributed by atoms with van der Waals surface area (Å²) < 4.78 is 0. The van der Waals surface area contributed by atoms with Crippen LogP contribution >= 0.6 is 23.5 Å². The summed E-state index contributed by atoms with van der Waals surface area (Å²) in [5.41, 5.74) is 7.93. The Morgan fingerprint density at radius 2 is 0.940 bits per heavy atom. The molecule has 8 nitrogen and oxygen atoms in total. The molecule has 50 heavy (non-hydrogen) atoms. The first-order chi connectivity index (χ1) is 24.6. The standard InChI is InChI=1S/C40H34N6O2S2/c47-37(19-27-7-3-1-4-8-27)45-25-49-23-35(45)39-41-21-33(43-39)31-15-11-29(12-16-31)30-13-17-32(18-14-30)34-22-42-40(44-34)36-24-50-26-46(36)38(48)20-28-9-5-2-6-10-28/h1-22,35-36H,23-26H2,(H,41,43)(H,42,44)/t35-,36?/m0/s1. The molecule has 2 fully saturated rings. The van der Waals surface area contributed by atoms with Crippen LogP contribution in [0, 0.1) is 12.8 Å². The molecule has 2 saturated heterocycles. The number of carbonyl (C=O) groups is 2. The molecule has 8 rings (SSSR count). The minimum absolute atomic E-state index is 0.00292. The highest BCUT2D eigenvalue weighted by molar-refractivity contribution is 7.99. The average Bonchev–Trinajstić information content (AvgIpc) is 3.99. The molecule has 2 aliphatic rings. The van der Waals surface area contributed by atoms with Gasteiger partial charge in [0, 0.05) is 11.5 Å². The third-order valence-corrected chi connectivity index (χ3v) is 11.1. The van der Waals surface area contributed by atoms with Crippen LogP contribution in [0.2, 0.25) is 0 Å². The summed E-state index contributed by atoms with van der Waals surface area (Å²) in [6.45, 7) is 0. The van der Waals surface area contributed by atoms with Gasteiger partial charge in [0.1, 0.15) is 11.6 Å². The van der Waals surface area contributed by atoms with Crippen LogP contribution in [0.3, 0.4) is 0 Å². The number of aromatic nitrogens is 4. The van der Waals surface area contributed by atoms with Crippen LogP contribution in [-0.2, 0) is 9.59 Å². The van der Waals surface area contributed by atoms with Crippen molar-refractivity contribution in [3.63, 3.8) is 0 Å². The summed E-state index contributed by atoms with van der Waals surface area (Å²) >= 11 is 3.48. The number of aromatic amines is 2. The first kappa shape index (κ1) is 32.2. The van der Waals surface area contributed by atoms with Gasteiger partial charge in [-0.15, -0.1) is 23.5 Å². The third-order valence-electron chi connectivity index (χ3n) is 9.06. The van der Waals surface area contributed by atoms with Crippen molar-refractivity contribution in [2.75, 3.05) is 23.3 Å². The first-order valence-electron chi connectivity index (χ1n) is 16.5. The van der Waals surface area contributed by atoms with Crippen LogP contribution in [0.4, 0.5) is 0 Å². The maximum Gasteiger partial charge on any atom is 0.232 e. The predicted octanol–water partition coefficient (Wildman–Crippen LogP) is 7.79. The van der Waals surface area contributed by atoms with Crippen molar-refractivity contribution in [2.24, 2.45) is 0 Å². The Hall–Kier alpha value is -5.06. The van der Waals surface area contributed by atoms with E-state index < -0.39 is 0 Å². The van der Waals surface area contributed by atoms with Gasteiger partial charge in [-0.05, 0) is 33.4 Å². The Morgan fingerprint density at radius 1 is 0.560 bits per heavy atom. The van der Waals surface area contributed by atoms with E-state index in [2.05, 4.69) is 68.5 Å². The van der Waals surface area contributed by atoms with Crippen molar-refractivity contribution < 1.29 is 9.59 Å². The topological polar surface area (TPSA) is 98.0 Å². The van der Waals surface area contributed by atoms with Crippen molar-refractivity contribution in [3.05, 3.63) is 157 Å². The SMILES string of the molecule is O=C([CH]c1ccccc1)N1CSCC1c1ncc(-c2ccc(-c3ccc(-c4cnc([C@@H]5CSCN5C(=O)[CH]c5ccccc5)[nH]4)cc3)cc2)[nH]1. The monoisotopic (exact) mass is 694 g/mol. The molecule has 1 unspecified atom stereocenters. The number of H-pyrrole nitrogens is 2. The van der Waals surface area contributed by atoms with Gasteiger partial charge in [0.2, 0.25) is 11.8 Å². The molecule has 2 N–H and O–H groups in total. The number of imidazole rings is 2.